The lowest BCUT2D eigenvalue weighted by Gasteiger charge is -2.15. The lowest BCUT2D eigenvalue weighted by atomic mass is 10.1. The topological polar surface area (TPSA) is 94.2 Å². The molecule has 0 bridgehead atoms. The maximum absolute atomic E-state index is 13.4. The number of para-hydroxylation sites is 2. The minimum atomic E-state index is -0.636. The zero-order chi connectivity index (χ0) is 24.1. The Morgan fingerprint density at radius 2 is 1.79 bits per heavy atom. The van der Waals surface area contributed by atoms with Gasteiger partial charge in [0.25, 0.3) is 11.8 Å². The molecule has 0 spiro atoms. The van der Waals surface area contributed by atoms with Gasteiger partial charge in [-0.3, -0.25) is 14.5 Å². The molecule has 0 saturated carbocycles. The van der Waals surface area contributed by atoms with Crippen LogP contribution in [0.5, 0.6) is 11.5 Å². The van der Waals surface area contributed by atoms with Gasteiger partial charge >= 0.3 is 0 Å². The van der Waals surface area contributed by atoms with Gasteiger partial charge in [-0.05, 0) is 59.8 Å². The number of methoxy groups -OCH3 is 1. The van der Waals surface area contributed by atoms with Crippen LogP contribution in [0.1, 0.15) is 5.56 Å². The first-order valence-corrected chi connectivity index (χ1v) is 11.4. The van der Waals surface area contributed by atoms with Crippen LogP contribution in [0.4, 0.5) is 11.4 Å². The van der Waals surface area contributed by atoms with E-state index in [9.17, 15) is 9.59 Å². The highest BCUT2D eigenvalue weighted by atomic mass is 35.5. The number of nitrogens with zero attached hydrogens (tertiary/aromatic N) is 2. The van der Waals surface area contributed by atoms with Crippen molar-refractivity contribution < 1.29 is 19.1 Å². The van der Waals surface area contributed by atoms with Gasteiger partial charge in [0.1, 0.15) is 0 Å². The highest BCUT2D eigenvalue weighted by Gasteiger charge is 2.34. The Bertz CT molecular complexity index is 1280. The quantitative estimate of drug-likeness (QED) is 0.466. The molecule has 3 aromatic rings. The highest BCUT2D eigenvalue weighted by molar-refractivity contribution is 8.19. The van der Waals surface area contributed by atoms with Gasteiger partial charge < -0.3 is 15.2 Å². The molecule has 1 saturated heterocycles. The number of thioether (sulfide) groups is 1. The van der Waals surface area contributed by atoms with Crippen molar-refractivity contribution in [2.45, 2.75) is 0 Å². The molecule has 1 fully saturated rings. The molecule has 1 aliphatic heterocycles. The second-order valence-electron chi connectivity index (χ2n) is 7.11. The Labute approximate surface area is 205 Å². The summed E-state index contributed by atoms with van der Waals surface area (Å²) in [6.07, 6.45) is 1.71. The third kappa shape index (κ3) is 5.24. The number of benzene rings is 3. The van der Waals surface area contributed by atoms with Crippen LogP contribution >= 0.6 is 23.4 Å². The number of anilines is 1. The molecule has 0 aromatic heterocycles. The smallest absolute Gasteiger partial charge is 0.271 e. The Morgan fingerprint density at radius 3 is 2.44 bits per heavy atom. The van der Waals surface area contributed by atoms with Gasteiger partial charge in [0.15, 0.2) is 23.3 Å². The normalized spacial score (nSPS) is 15.7. The average Bonchev–Trinajstić information content (AvgIpc) is 3.13. The van der Waals surface area contributed by atoms with E-state index in [2.05, 4.69) is 0 Å². The van der Waals surface area contributed by atoms with E-state index in [4.69, 9.17) is 31.8 Å². The van der Waals surface area contributed by atoms with Crippen LogP contribution in [0.2, 0.25) is 5.02 Å². The molecule has 0 radical (unpaired) electrons. The molecule has 3 aromatic carbocycles. The summed E-state index contributed by atoms with van der Waals surface area (Å²) in [5.74, 6) is -0.333. The number of carbonyl (C=O) groups excluding carboxylic acids is 2. The predicted octanol–water partition coefficient (Wildman–Crippen LogP) is 5.02. The van der Waals surface area contributed by atoms with Gasteiger partial charge in [-0.15, -0.1) is 0 Å². The maximum atomic E-state index is 13.4. The number of amidine groups is 1. The number of primary amides is 1. The fourth-order valence-corrected chi connectivity index (χ4v) is 4.50. The number of amides is 2. The molecule has 4 rings (SSSR count). The molecule has 2 amide bonds. The minimum absolute atomic E-state index is 0.202. The largest absolute Gasteiger partial charge is 0.493 e. The Balaban J connectivity index is 1.72. The number of carbonyl (C=O) groups is 2. The summed E-state index contributed by atoms with van der Waals surface area (Å²) in [5, 5.41) is 0.758. The summed E-state index contributed by atoms with van der Waals surface area (Å²) in [4.78, 5) is 31.2. The fraction of sp³-hybridized carbons (Fsp3) is 0.0800. The molecule has 1 aliphatic rings. The molecule has 172 valence electrons. The summed E-state index contributed by atoms with van der Waals surface area (Å²) >= 11 is 7.63. The number of ether oxygens (including phenoxy) is 2. The van der Waals surface area contributed by atoms with E-state index in [1.165, 1.54) is 18.9 Å². The van der Waals surface area contributed by atoms with Crippen LogP contribution in [-0.2, 0) is 9.59 Å². The van der Waals surface area contributed by atoms with Crippen molar-refractivity contribution in [2.75, 3.05) is 18.6 Å². The fourth-order valence-electron chi connectivity index (χ4n) is 3.22. The standard InChI is InChI=1S/C25H20ClN3O4S/c1-32-20-13-16(12-19(26)23(20)33-15-22(27)30)14-21-24(31)29(18-10-6-3-7-11-18)25(34-21)28-17-8-4-2-5-9-17/h2-14H,15H2,1H3,(H2,27,30). The number of nitrogens with two attached hydrogens (primary N) is 1. The second-order valence-corrected chi connectivity index (χ2v) is 8.52. The van der Waals surface area contributed by atoms with Crippen LogP contribution in [0.3, 0.4) is 0 Å². The van der Waals surface area contributed by atoms with Gasteiger partial charge in [0, 0.05) is 0 Å². The van der Waals surface area contributed by atoms with Crippen LogP contribution in [0.25, 0.3) is 6.08 Å². The number of halogens is 1. The zero-order valence-corrected chi connectivity index (χ0v) is 19.7. The van der Waals surface area contributed by atoms with Gasteiger partial charge in [0.2, 0.25) is 0 Å². The molecule has 1 heterocycles. The Kier molecular flexibility index (Phi) is 7.20. The summed E-state index contributed by atoms with van der Waals surface area (Å²) < 4.78 is 10.7. The molecule has 0 aliphatic carbocycles. The van der Waals surface area contributed by atoms with Crippen molar-refractivity contribution in [2.24, 2.45) is 10.7 Å². The first kappa shape index (κ1) is 23.4. The SMILES string of the molecule is COc1cc(C=C2SC(=Nc3ccccc3)N(c3ccccc3)C2=O)cc(Cl)c1OCC(N)=O. The van der Waals surface area contributed by atoms with E-state index in [1.54, 1.807) is 23.1 Å². The van der Waals surface area contributed by atoms with Crippen molar-refractivity contribution in [1.82, 2.24) is 0 Å². The third-order valence-corrected chi connectivity index (χ3v) is 5.96. The summed E-state index contributed by atoms with van der Waals surface area (Å²) in [6, 6.07) is 22.1. The highest BCUT2D eigenvalue weighted by Crippen LogP contribution is 2.40. The van der Waals surface area contributed by atoms with E-state index < -0.39 is 5.91 Å². The third-order valence-electron chi connectivity index (χ3n) is 4.71. The Hall–Kier alpha value is -3.75. The van der Waals surface area contributed by atoms with E-state index in [0.717, 1.165) is 5.69 Å². The van der Waals surface area contributed by atoms with Gasteiger partial charge in [0.05, 0.1) is 28.4 Å². The van der Waals surface area contributed by atoms with Crippen molar-refractivity contribution in [3.63, 3.8) is 0 Å². The first-order valence-electron chi connectivity index (χ1n) is 10.2. The minimum Gasteiger partial charge on any atom is -0.493 e. The first-order chi connectivity index (χ1) is 16.5. The summed E-state index contributed by atoms with van der Waals surface area (Å²) in [6.45, 7) is -0.337. The monoisotopic (exact) mass is 493 g/mol. The zero-order valence-electron chi connectivity index (χ0n) is 18.1. The Morgan fingerprint density at radius 1 is 1.12 bits per heavy atom. The summed E-state index contributed by atoms with van der Waals surface area (Å²) in [7, 11) is 1.46. The number of hydrogen-bond acceptors (Lipinski definition) is 6. The van der Waals surface area contributed by atoms with Crippen LogP contribution in [-0.4, -0.2) is 30.7 Å². The van der Waals surface area contributed by atoms with Crippen LogP contribution in [0.15, 0.2) is 82.7 Å². The lowest BCUT2D eigenvalue weighted by Crippen LogP contribution is -2.28. The molecular formula is C25H20ClN3O4S. The average molecular weight is 494 g/mol. The number of aliphatic imine (C=N–C) groups is 1. The molecule has 7 nitrogen and oxygen atoms in total. The van der Waals surface area contributed by atoms with Crippen molar-refractivity contribution in [3.8, 4) is 11.5 Å². The second kappa shape index (κ2) is 10.5. The number of hydrogen-bond donors (Lipinski definition) is 1. The molecule has 0 atom stereocenters. The lowest BCUT2D eigenvalue weighted by molar-refractivity contribution is -0.120. The number of rotatable bonds is 7. The molecule has 2 N–H and O–H groups in total. The van der Waals surface area contributed by atoms with E-state index in [0.29, 0.717) is 27.1 Å². The van der Waals surface area contributed by atoms with Crippen LogP contribution in [0, 0.1) is 0 Å². The molecule has 0 unspecified atom stereocenters. The molecule has 34 heavy (non-hydrogen) atoms. The van der Waals surface area contributed by atoms with Crippen molar-refractivity contribution >= 4 is 57.8 Å². The van der Waals surface area contributed by atoms with Crippen molar-refractivity contribution in [1.29, 1.82) is 0 Å². The van der Waals surface area contributed by atoms with Gasteiger partial charge in [-0.2, -0.15) is 0 Å². The molecular weight excluding hydrogens is 474 g/mol. The maximum Gasteiger partial charge on any atom is 0.271 e. The van der Waals surface area contributed by atoms with Crippen LogP contribution < -0.4 is 20.1 Å². The molecule has 9 heteroatoms. The van der Waals surface area contributed by atoms with E-state index in [-0.39, 0.29) is 23.3 Å². The van der Waals surface area contributed by atoms with Gasteiger partial charge in [-0.25, -0.2) is 4.99 Å². The van der Waals surface area contributed by atoms with Crippen molar-refractivity contribution in [3.05, 3.63) is 88.3 Å². The van der Waals surface area contributed by atoms with E-state index in [1.807, 2.05) is 60.7 Å². The summed E-state index contributed by atoms with van der Waals surface area (Å²) in [5.41, 5.74) is 7.22. The predicted molar refractivity (Wildman–Crippen MR) is 136 cm³/mol. The van der Waals surface area contributed by atoms with Gasteiger partial charge in [-0.1, -0.05) is 48.0 Å². The van der Waals surface area contributed by atoms with E-state index >= 15 is 0 Å².